The number of amides is 1. The van der Waals surface area contributed by atoms with Crippen LogP contribution in [0.3, 0.4) is 0 Å². The lowest BCUT2D eigenvalue weighted by Crippen LogP contribution is -2.30. The summed E-state index contributed by atoms with van der Waals surface area (Å²) in [5.74, 6) is 2.74. The van der Waals surface area contributed by atoms with E-state index in [0.717, 1.165) is 50.4 Å². The molecule has 24 heavy (non-hydrogen) atoms. The molecule has 0 saturated carbocycles. The molecule has 1 fully saturated rings. The third kappa shape index (κ3) is 2.88. The van der Waals surface area contributed by atoms with E-state index in [9.17, 15) is 4.79 Å². The molecule has 0 N–H and O–H groups in total. The Balaban J connectivity index is 1.55. The number of carbonyl (C=O) groups is 1. The molecule has 126 valence electrons. The molecule has 1 atom stereocenters. The van der Waals surface area contributed by atoms with Crippen molar-refractivity contribution in [2.45, 2.75) is 51.1 Å². The molecule has 1 saturated heterocycles. The minimum absolute atomic E-state index is 0.0138. The summed E-state index contributed by atoms with van der Waals surface area (Å²) in [5, 5.41) is 8.82. The maximum Gasteiger partial charge on any atom is 0.247 e. The van der Waals surface area contributed by atoms with E-state index in [1.807, 2.05) is 17.0 Å². The Morgan fingerprint density at radius 2 is 2.17 bits per heavy atom. The van der Waals surface area contributed by atoms with Crippen LogP contribution in [0.5, 0.6) is 0 Å². The van der Waals surface area contributed by atoms with Gasteiger partial charge >= 0.3 is 0 Å². The van der Waals surface area contributed by atoms with Crippen LogP contribution in [-0.2, 0) is 17.8 Å². The lowest BCUT2D eigenvalue weighted by molar-refractivity contribution is -0.127. The molecule has 0 aliphatic carbocycles. The molecule has 0 bridgehead atoms. The van der Waals surface area contributed by atoms with Gasteiger partial charge in [-0.05, 0) is 43.9 Å². The molecule has 4 heterocycles. The van der Waals surface area contributed by atoms with Crippen molar-refractivity contribution in [2.24, 2.45) is 0 Å². The minimum atomic E-state index is 0.0138. The summed E-state index contributed by atoms with van der Waals surface area (Å²) < 4.78 is 7.50. The highest BCUT2D eigenvalue weighted by molar-refractivity contribution is 5.91. The van der Waals surface area contributed by atoms with Gasteiger partial charge in [0.25, 0.3) is 0 Å². The fourth-order valence-corrected chi connectivity index (χ4v) is 3.69. The Morgan fingerprint density at radius 1 is 1.21 bits per heavy atom. The van der Waals surface area contributed by atoms with Crippen molar-refractivity contribution >= 4 is 12.0 Å². The fourth-order valence-electron chi connectivity index (χ4n) is 3.69. The number of nitrogens with zero attached hydrogens (tertiary/aromatic N) is 4. The SMILES string of the molecule is O=C(C=Cc1ccco1)N1CCCC1c1nnc2n1CCCCC2. The highest BCUT2D eigenvalue weighted by Crippen LogP contribution is 2.32. The molecule has 1 unspecified atom stereocenters. The lowest BCUT2D eigenvalue weighted by atomic mass is 10.2. The predicted molar refractivity (Wildman–Crippen MR) is 89.0 cm³/mol. The Bertz CT molecular complexity index is 732. The van der Waals surface area contributed by atoms with Gasteiger partial charge in [-0.25, -0.2) is 0 Å². The largest absolute Gasteiger partial charge is 0.465 e. The second-order valence-electron chi connectivity index (χ2n) is 6.48. The first-order valence-electron chi connectivity index (χ1n) is 8.77. The zero-order chi connectivity index (χ0) is 16.4. The van der Waals surface area contributed by atoms with Gasteiger partial charge in [0, 0.05) is 25.6 Å². The van der Waals surface area contributed by atoms with Crippen molar-refractivity contribution in [3.63, 3.8) is 0 Å². The maximum atomic E-state index is 12.6. The van der Waals surface area contributed by atoms with E-state index in [2.05, 4.69) is 14.8 Å². The Labute approximate surface area is 141 Å². The van der Waals surface area contributed by atoms with Crippen molar-refractivity contribution in [3.05, 3.63) is 41.9 Å². The first kappa shape index (κ1) is 15.2. The van der Waals surface area contributed by atoms with Gasteiger partial charge in [-0.3, -0.25) is 4.79 Å². The summed E-state index contributed by atoms with van der Waals surface area (Å²) >= 11 is 0. The van der Waals surface area contributed by atoms with E-state index >= 15 is 0 Å². The van der Waals surface area contributed by atoms with Crippen LogP contribution < -0.4 is 0 Å². The van der Waals surface area contributed by atoms with Crippen molar-refractivity contribution in [1.29, 1.82) is 0 Å². The van der Waals surface area contributed by atoms with Gasteiger partial charge in [-0.1, -0.05) is 6.42 Å². The summed E-state index contributed by atoms with van der Waals surface area (Å²) in [6.45, 7) is 1.74. The summed E-state index contributed by atoms with van der Waals surface area (Å²) in [6.07, 6.45) is 11.5. The average Bonchev–Trinajstić information content (AvgIpc) is 3.31. The van der Waals surface area contributed by atoms with Gasteiger partial charge < -0.3 is 13.9 Å². The van der Waals surface area contributed by atoms with Gasteiger partial charge in [-0.2, -0.15) is 0 Å². The number of carbonyl (C=O) groups excluding carboxylic acids is 1. The molecule has 2 aromatic heterocycles. The smallest absolute Gasteiger partial charge is 0.247 e. The highest BCUT2D eigenvalue weighted by atomic mass is 16.3. The maximum absolute atomic E-state index is 12.6. The van der Waals surface area contributed by atoms with E-state index in [1.165, 1.54) is 12.8 Å². The van der Waals surface area contributed by atoms with Crippen LogP contribution in [0.15, 0.2) is 28.9 Å². The van der Waals surface area contributed by atoms with E-state index < -0.39 is 0 Å². The van der Waals surface area contributed by atoms with Crippen LogP contribution in [0, 0.1) is 0 Å². The van der Waals surface area contributed by atoms with Gasteiger partial charge in [0.1, 0.15) is 11.6 Å². The second kappa shape index (κ2) is 6.63. The molecule has 0 spiro atoms. The van der Waals surface area contributed by atoms with Crippen LogP contribution >= 0.6 is 0 Å². The average molecular weight is 326 g/mol. The summed E-state index contributed by atoms with van der Waals surface area (Å²) in [7, 11) is 0. The molecule has 0 aromatic carbocycles. The lowest BCUT2D eigenvalue weighted by Gasteiger charge is -2.23. The molecule has 2 aliphatic rings. The van der Waals surface area contributed by atoms with E-state index in [-0.39, 0.29) is 11.9 Å². The number of aromatic nitrogens is 3. The quantitative estimate of drug-likeness (QED) is 0.814. The van der Waals surface area contributed by atoms with Crippen molar-refractivity contribution in [3.8, 4) is 0 Å². The number of furan rings is 1. The van der Waals surface area contributed by atoms with E-state index in [0.29, 0.717) is 5.76 Å². The normalized spacial score (nSPS) is 21.2. The minimum Gasteiger partial charge on any atom is -0.465 e. The first-order valence-corrected chi connectivity index (χ1v) is 8.77. The topological polar surface area (TPSA) is 64.2 Å². The number of rotatable bonds is 3. The van der Waals surface area contributed by atoms with Gasteiger partial charge in [-0.15, -0.1) is 10.2 Å². The van der Waals surface area contributed by atoms with E-state index in [1.54, 1.807) is 18.4 Å². The van der Waals surface area contributed by atoms with Gasteiger partial charge in [0.15, 0.2) is 5.82 Å². The van der Waals surface area contributed by atoms with Gasteiger partial charge in [0.05, 0.1) is 12.3 Å². The van der Waals surface area contributed by atoms with Crippen LogP contribution in [-0.4, -0.2) is 32.1 Å². The van der Waals surface area contributed by atoms with Crippen LogP contribution in [0.2, 0.25) is 0 Å². The number of hydrogen-bond acceptors (Lipinski definition) is 4. The molecule has 6 heteroatoms. The van der Waals surface area contributed by atoms with Crippen LogP contribution in [0.1, 0.15) is 55.6 Å². The Hall–Kier alpha value is -2.37. The Kier molecular flexibility index (Phi) is 4.19. The predicted octanol–water partition coefficient (Wildman–Crippen LogP) is 2.97. The number of likely N-dealkylation sites (tertiary alicyclic amines) is 1. The highest BCUT2D eigenvalue weighted by Gasteiger charge is 2.33. The van der Waals surface area contributed by atoms with Crippen LogP contribution in [0.25, 0.3) is 6.08 Å². The molecule has 2 aromatic rings. The van der Waals surface area contributed by atoms with Gasteiger partial charge in [0.2, 0.25) is 5.91 Å². The second-order valence-corrected chi connectivity index (χ2v) is 6.48. The summed E-state index contributed by atoms with van der Waals surface area (Å²) in [6, 6.07) is 3.69. The molecule has 0 radical (unpaired) electrons. The van der Waals surface area contributed by atoms with Crippen molar-refractivity contribution < 1.29 is 9.21 Å². The summed E-state index contributed by atoms with van der Waals surface area (Å²) in [5.41, 5.74) is 0. The summed E-state index contributed by atoms with van der Waals surface area (Å²) in [4.78, 5) is 14.5. The fraction of sp³-hybridized carbons (Fsp3) is 0.500. The third-order valence-corrected chi connectivity index (χ3v) is 4.91. The third-order valence-electron chi connectivity index (χ3n) is 4.91. The zero-order valence-electron chi connectivity index (χ0n) is 13.7. The molecule has 6 nitrogen and oxygen atoms in total. The molecule has 4 rings (SSSR count). The van der Waals surface area contributed by atoms with Crippen LogP contribution in [0.4, 0.5) is 0 Å². The molecular formula is C18H22N4O2. The number of hydrogen-bond donors (Lipinski definition) is 0. The van der Waals surface area contributed by atoms with E-state index in [4.69, 9.17) is 4.42 Å². The number of fused-ring (bicyclic) bond motifs is 1. The molecular weight excluding hydrogens is 304 g/mol. The van der Waals surface area contributed by atoms with Crippen molar-refractivity contribution in [2.75, 3.05) is 6.54 Å². The number of aryl methyl sites for hydroxylation is 1. The zero-order valence-corrected chi connectivity index (χ0v) is 13.7. The Morgan fingerprint density at radius 3 is 3.04 bits per heavy atom. The molecule has 2 aliphatic heterocycles. The van der Waals surface area contributed by atoms with Crippen molar-refractivity contribution in [1.82, 2.24) is 19.7 Å². The first-order chi connectivity index (χ1) is 11.8. The molecule has 1 amide bonds. The monoisotopic (exact) mass is 326 g/mol. The standard InChI is InChI=1S/C18H22N4O2/c23-17(10-9-14-6-5-13-24-14)21-12-4-7-15(21)18-20-19-16-8-2-1-3-11-22(16)18/h5-6,9-10,13,15H,1-4,7-8,11-12H2.